The highest BCUT2D eigenvalue weighted by Gasteiger charge is 2.04. The molecule has 0 fully saturated rings. The van der Waals surface area contributed by atoms with Gasteiger partial charge in [0.25, 0.3) is 0 Å². The summed E-state index contributed by atoms with van der Waals surface area (Å²) in [5.74, 6) is 1.11. The third-order valence-corrected chi connectivity index (χ3v) is 2.17. The molecule has 0 saturated heterocycles. The van der Waals surface area contributed by atoms with Gasteiger partial charge in [0.2, 0.25) is 5.88 Å². The van der Waals surface area contributed by atoms with E-state index < -0.39 is 0 Å². The third kappa shape index (κ3) is 4.19. The third-order valence-electron chi connectivity index (χ3n) is 2.17. The van der Waals surface area contributed by atoms with Crippen molar-refractivity contribution in [2.75, 3.05) is 6.61 Å². The summed E-state index contributed by atoms with van der Waals surface area (Å²) >= 11 is 0. The summed E-state index contributed by atoms with van der Waals surface area (Å²) in [6, 6.07) is 3.74. The smallest absolute Gasteiger partial charge is 0.213 e. The Bertz CT molecular complexity index is 324. The van der Waals surface area contributed by atoms with Crippen molar-refractivity contribution in [3.8, 4) is 5.88 Å². The van der Waals surface area contributed by atoms with Gasteiger partial charge in [0.15, 0.2) is 0 Å². The minimum atomic E-state index is 0.0390. The molecule has 3 nitrogen and oxygen atoms in total. The topological polar surface area (TPSA) is 42.4 Å². The Balaban J connectivity index is 2.77. The number of hydrogen-bond donors (Lipinski definition) is 1. The number of hydrogen-bond acceptors (Lipinski definition) is 3. The van der Waals surface area contributed by atoms with E-state index in [0.717, 1.165) is 24.1 Å². The van der Waals surface area contributed by atoms with Gasteiger partial charge >= 0.3 is 0 Å². The summed E-state index contributed by atoms with van der Waals surface area (Å²) in [6.45, 7) is 7.01. The number of aryl methyl sites for hydroxylation is 1. The molecule has 0 aromatic carbocycles. The van der Waals surface area contributed by atoms with Crippen LogP contribution < -0.4 is 4.74 Å². The van der Waals surface area contributed by atoms with Crippen molar-refractivity contribution in [2.45, 2.75) is 40.2 Å². The number of aromatic nitrogens is 1. The Hall–Kier alpha value is -1.09. The Labute approximate surface area is 97.5 Å². The molecular formula is C13H21NO2. The van der Waals surface area contributed by atoms with E-state index in [9.17, 15) is 0 Å². The van der Waals surface area contributed by atoms with Crippen molar-refractivity contribution in [1.82, 2.24) is 4.98 Å². The number of pyridine rings is 1. The second-order valence-electron chi connectivity index (χ2n) is 4.42. The molecule has 0 aliphatic heterocycles. The summed E-state index contributed by atoms with van der Waals surface area (Å²) in [7, 11) is 0. The zero-order valence-corrected chi connectivity index (χ0v) is 10.4. The van der Waals surface area contributed by atoms with Gasteiger partial charge in [-0.25, -0.2) is 4.98 Å². The lowest BCUT2D eigenvalue weighted by molar-refractivity contribution is 0.256. The van der Waals surface area contributed by atoms with E-state index in [1.807, 2.05) is 12.1 Å². The fourth-order valence-corrected chi connectivity index (χ4v) is 1.42. The van der Waals surface area contributed by atoms with Crippen LogP contribution in [0.5, 0.6) is 5.88 Å². The molecule has 1 aromatic heterocycles. The number of nitrogens with zero attached hydrogens (tertiary/aromatic N) is 1. The fraction of sp³-hybridized carbons (Fsp3) is 0.615. The van der Waals surface area contributed by atoms with E-state index in [2.05, 4.69) is 25.8 Å². The van der Waals surface area contributed by atoms with Gasteiger partial charge in [-0.05, 0) is 24.0 Å². The summed E-state index contributed by atoms with van der Waals surface area (Å²) in [5, 5.41) is 9.15. The second-order valence-corrected chi connectivity index (χ2v) is 4.42. The van der Waals surface area contributed by atoms with Gasteiger partial charge in [-0.2, -0.15) is 0 Å². The predicted octanol–water partition coefficient (Wildman–Crippen LogP) is 2.56. The Kier molecular flexibility index (Phi) is 5.26. The van der Waals surface area contributed by atoms with E-state index in [-0.39, 0.29) is 6.61 Å². The molecule has 90 valence electrons. The zero-order valence-electron chi connectivity index (χ0n) is 10.4. The lowest BCUT2D eigenvalue weighted by Crippen LogP contribution is -2.07. The van der Waals surface area contributed by atoms with Crippen molar-refractivity contribution < 1.29 is 9.84 Å². The normalized spacial score (nSPS) is 10.8. The van der Waals surface area contributed by atoms with Crippen LogP contribution >= 0.6 is 0 Å². The average molecular weight is 223 g/mol. The molecule has 0 saturated carbocycles. The maximum Gasteiger partial charge on any atom is 0.213 e. The van der Waals surface area contributed by atoms with Gasteiger partial charge in [-0.15, -0.1) is 0 Å². The monoisotopic (exact) mass is 223 g/mol. The molecule has 1 heterocycles. The number of rotatable bonds is 6. The molecule has 0 aliphatic rings. The SMILES string of the molecule is CCCc1cc(CO)cc(OCC(C)C)n1. The Morgan fingerprint density at radius 3 is 2.69 bits per heavy atom. The summed E-state index contributed by atoms with van der Waals surface area (Å²) in [6.07, 6.45) is 1.97. The van der Waals surface area contributed by atoms with Crippen LogP contribution in [0, 0.1) is 5.92 Å². The predicted molar refractivity (Wildman–Crippen MR) is 64.5 cm³/mol. The van der Waals surface area contributed by atoms with Gasteiger partial charge in [0, 0.05) is 11.8 Å². The molecule has 0 amide bonds. The van der Waals surface area contributed by atoms with Gasteiger partial charge in [0.05, 0.1) is 13.2 Å². The Morgan fingerprint density at radius 2 is 2.12 bits per heavy atom. The number of ether oxygens (including phenoxy) is 1. The first-order chi connectivity index (χ1) is 7.65. The summed E-state index contributed by atoms with van der Waals surface area (Å²) in [4.78, 5) is 4.41. The lowest BCUT2D eigenvalue weighted by atomic mass is 10.2. The molecule has 0 unspecified atom stereocenters. The number of aliphatic hydroxyl groups is 1. The highest BCUT2D eigenvalue weighted by molar-refractivity contribution is 5.24. The molecule has 1 N–H and O–H groups in total. The first-order valence-corrected chi connectivity index (χ1v) is 5.89. The standard InChI is InChI=1S/C13H21NO2/c1-4-5-12-6-11(8-15)7-13(14-12)16-9-10(2)3/h6-7,10,15H,4-5,8-9H2,1-3H3. The quantitative estimate of drug-likeness (QED) is 0.806. The minimum absolute atomic E-state index is 0.0390. The number of aliphatic hydroxyl groups excluding tert-OH is 1. The van der Waals surface area contributed by atoms with E-state index in [0.29, 0.717) is 18.4 Å². The van der Waals surface area contributed by atoms with Crippen LogP contribution in [0.2, 0.25) is 0 Å². The van der Waals surface area contributed by atoms with Crippen molar-refractivity contribution in [2.24, 2.45) is 5.92 Å². The second kappa shape index (κ2) is 6.48. The van der Waals surface area contributed by atoms with Crippen molar-refractivity contribution >= 4 is 0 Å². The molecular weight excluding hydrogens is 202 g/mol. The van der Waals surface area contributed by atoms with Crippen LogP contribution in [-0.2, 0) is 13.0 Å². The van der Waals surface area contributed by atoms with Gasteiger partial charge in [0.1, 0.15) is 0 Å². The van der Waals surface area contributed by atoms with Crippen molar-refractivity contribution in [1.29, 1.82) is 0 Å². The van der Waals surface area contributed by atoms with Crippen molar-refractivity contribution in [3.63, 3.8) is 0 Å². The first-order valence-electron chi connectivity index (χ1n) is 5.89. The van der Waals surface area contributed by atoms with Crippen LogP contribution in [0.1, 0.15) is 38.4 Å². The highest BCUT2D eigenvalue weighted by atomic mass is 16.5. The maximum atomic E-state index is 9.15. The Morgan fingerprint density at radius 1 is 1.38 bits per heavy atom. The van der Waals surface area contributed by atoms with E-state index in [4.69, 9.17) is 9.84 Å². The maximum absolute atomic E-state index is 9.15. The zero-order chi connectivity index (χ0) is 12.0. The van der Waals surface area contributed by atoms with Gasteiger partial charge in [-0.1, -0.05) is 27.2 Å². The van der Waals surface area contributed by atoms with Gasteiger partial charge in [-0.3, -0.25) is 0 Å². The first kappa shape index (κ1) is 13.0. The molecule has 0 aliphatic carbocycles. The largest absolute Gasteiger partial charge is 0.477 e. The van der Waals surface area contributed by atoms with Crippen LogP contribution in [0.3, 0.4) is 0 Å². The van der Waals surface area contributed by atoms with Crippen LogP contribution in [0.4, 0.5) is 0 Å². The lowest BCUT2D eigenvalue weighted by Gasteiger charge is -2.10. The minimum Gasteiger partial charge on any atom is -0.477 e. The molecule has 16 heavy (non-hydrogen) atoms. The molecule has 1 aromatic rings. The van der Waals surface area contributed by atoms with E-state index in [1.165, 1.54) is 0 Å². The fourth-order valence-electron chi connectivity index (χ4n) is 1.42. The highest BCUT2D eigenvalue weighted by Crippen LogP contribution is 2.15. The summed E-state index contributed by atoms with van der Waals surface area (Å²) in [5.41, 5.74) is 1.87. The van der Waals surface area contributed by atoms with Gasteiger partial charge < -0.3 is 9.84 Å². The summed E-state index contributed by atoms with van der Waals surface area (Å²) < 4.78 is 5.57. The van der Waals surface area contributed by atoms with Crippen LogP contribution in [0.25, 0.3) is 0 Å². The average Bonchev–Trinajstić information content (AvgIpc) is 2.26. The van der Waals surface area contributed by atoms with E-state index >= 15 is 0 Å². The molecule has 0 atom stereocenters. The van der Waals surface area contributed by atoms with E-state index in [1.54, 1.807) is 0 Å². The molecule has 3 heteroatoms. The molecule has 0 radical (unpaired) electrons. The van der Waals surface area contributed by atoms with Crippen LogP contribution in [0.15, 0.2) is 12.1 Å². The van der Waals surface area contributed by atoms with Crippen molar-refractivity contribution in [3.05, 3.63) is 23.4 Å². The molecule has 0 spiro atoms. The molecule has 1 rings (SSSR count). The molecule has 0 bridgehead atoms. The van der Waals surface area contributed by atoms with Crippen LogP contribution in [-0.4, -0.2) is 16.7 Å².